The molecule has 0 aromatic rings. The minimum absolute atomic E-state index is 0.0131. The molecule has 0 aliphatic carbocycles. The first kappa shape index (κ1) is 15.4. The van der Waals surface area contributed by atoms with Crippen LogP contribution < -0.4 is 10.6 Å². The smallest absolute Gasteiger partial charge is 0.242 e. The predicted octanol–water partition coefficient (Wildman–Crippen LogP) is 1.37. The second-order valence-corrected chi connectivity index (χ2v) is 6.46. The summed E-state index contributed by atoms with van der Waals surface area (Å²) in [6.45, 7) is 13.9. The summed E-state index contributed by atoms with van der Waals surface area (Å²) >= 11 is 0. The number of hydrogen-bond acceptors (Lipinski definition) is 3. The summed E-state index contributed by atoms with van der Waals surface area (Å²) in [5.74, 6) is 0.208. The van der Waals surface area contributed by atoms with Crippen molar-refractivity contribution in [2.24, 2.45) is 0 Å². The average molecular weight is 255 g/mol. The summed E-state index contributed by atoms with van der Waals surface area (Å²) in [5, 5.41) is 6.81. The summed E-state index contributed by atoms with van der Waals surface area (Å²) in [6.07, 6.45) is 2.41. The summed E-state index contributed by atoms with van der Waals surface area (Å²) < 4.78 is 0. The standard InChI is InChI=1S/C14H29N3O/c1-6-7-8-15-9-10-17-11-13(2,3)16-14(4,5)12(17)18/h15-16H,6-11H2,1-5H3. The van der Waals surface area contributed by atoms with Crippen molar-refractivity contribution in [3.05, 3.63) is 0 Å². The first-order valence-electron chi connectivity index (χ1n) is 7.08. The van der Waals surface area contributed by atoms with Gasteiger partial charge in [0.25, 0.3) is 0 Å². The predicted molar refractivity (Wildman–Crippen MR) is 75.7 cm³/mol. The van der Waals surface area contributed by atoms with Crippen LogP contribution in [0.15, 0.2) is 0 Å². The Labute approximate surface area is 111 Å². The maximum atomic E-state index is 12.3. The van der Waals surface area contributed by atoms with Crippen LogP contribution >= 0.6 is 0 Å². The Morgan fingerprint density at radius 2 is 1.94 bits per heavy atom. The highest BCUT2D eigenvalue weighted by molar-refractivity contribution is 5.86. The Bertz CT molecular complexity index is 287. The third-order valence-corrected chi connectivity index (χ3v) is 3.32. The summed E-state index contributed by atoms with van der Waals surface area (Å²) in [7, 11) is 0. The molecule has 2 N–H and O–H groups in total. The summed E-state index contributed by atoms with van der Waals surface area (Å²) in [6, 6.07) is 0. The van der Waals surface area contributed by atoms with E-state index in [9.17, 15) is 4.79 Å². The van der Waals surface area contributed by atoms with Gasteiger partial charge in [-0.3, -0.25) is 10.1 Å². The van der Waals surface area contributed by atoms with E-state index in [0.717, 1.165) is 26.2 Å². The quantitative estimate of drug-likeness (QED) is 0.705. The monoisotopic (exact) mass is 255 g/mol. The van der Waals surface area contributed by atoms with E-state index in [0.29, 0.717) is 0 Å². The van der Waals surface area contributed by atoms with Gasteiger partial charge in [-0.05, 0) is 40.7 Å². The van der Waals surface area contributed by atoms with Crippen LogP contribution in [0.2, 0.25) is 0 Å². The Kier molecular flexibility index (Phi) is 5.17. The van der Waals surface area contributed by atoms with Crippen LogP contribution in [0.3, 0.4) is 0 Å². The highest BCUT2D eigenvalue weighted by Gasteiger charge is 2.42. The molecular weight excluding hydrogens is 226 g/mol. The molecule has 1 aliphatic heterocycles. The number of carbonyl (C=O) groups is 1. The largest absolute Gasteiger partial charge is 0.338 e. The van der Waals surface area contributed by atoms with Crippen LogP contribution in [0.1, 0.15) is 47.5 Å². The van der Waals surface area contributed by atoms with E-state index in [1.165, 1.54) is 12.8 Å². The molecule has 106 valence electrons. The Morgan fingerprint density at radius 3 is 2.56 bits per heavy atom. The third-order valence-electron chi connectivity index (χ3n) is 3.32. The first-order chi connectivity index (χ1) is 8.28. The maximum Gasteiger partial charge on any atom is 0.242 e. The van der Waals surface area contributed by atoms with Gasteiger partial charge in [-0.15, -0.1) is 0 Å². The number of rotatable bonds is 6. The number of amides is 1. The Morgan fingerprint density at radius 1 is 1.28 bits per heavy atom. The maximum absolute atomic E-state index is 12.3. The van der Waals surface area contributed by atoms with Crippen LogP contribution in [-0.2, 0) is 4.79 Å². The van der Waals surface area contributed by atoms with E-state index < -0.39 is 5.54 Å². The van der Waals surface area contributed by atoms with Crippen LogP contribution in [0, 0.1) is 0 Å². The fourth-order valence-electron chi connectivity index (χ4n) is 2.70. The van der Waals surface area contributed by atoms with Crippen LogP contribution in [0.5, 0.6) is 0 Å². The van der Waals surface area contributed by atoms with Crippen molar-refractivity contribution in [2.45, 2.75) is 58.5 Å². The van der Waals surface area contributed by atoms with Gasteiger partial charge in [-0.1, -0.05) is 13.3 Å². The number of nitrogens with zero attached hydrogens (tertiary/aromatic N) is 1. The van der Waals surface area contributed by atoms with Crippen molar-refractivity contribution in [1.82, 2.24) is 15.5 Å². The van der Waals surface area contributed by atoms with E-state index in [4.69, 9.17) is 0 Å². The molecule has 0 bridgehead atoms. The van der Waals surface area contributed by atoms with Gasteiger partial charge in [0.1, 0.15) is 0 Å². The van der Waals surface area contributed by atoms with Gasteiger partial charge < -0.3 is 10.2 Å². The lowest BCUT2D eigenvalue weighted by Gasteiger charge is -2.47. The van der Waals surface area contributed by atoms with Crippen molar-refractivity contribution in [3.8, 4) is 0 Å². The number of piperazine rings is 1. The molecule has 0 saturated carbocycles. The van der Waals surface area contributed by atoms with E-state index >= 15 is 0 Å². The van der Waals surface area contributed by atoms with Crippen molar-refractivity contribution < 1.29 is 4.79 Å². The molecule has 1 saturated heterocycles. The van der Waals surface area contributed by atoms with Gasteiger partial charge in [0, 0.05) is 25.2 Å². The van der Waals surface area contributed by atoms with Gasteiger partial charge in [0.15, 0.2) is 0 Å². The Hall–Kier alpha value is -0.610. The minimum atomic E-state index is -0.453. The van der Waals surface area contributed by atoms with Gasteiger partial charge >= 0.3 is 0 Å². The van der Waals surface area contributed by atoms with E-state index in [1.54, 1.807) is 0 Å². The van der Waals surface area contributed by atoms with Crippen LogP contribution in [-0.4, -0.2) is 48.1 Å². The molecule has 1 heterocycles. The topological polar surface area (TPSA) is 44.4 Å². The molecule has 0 aromatic heterocycles. The SMILES string of the molecule is CCCCNCCN1CC(C)(C)NC(C)(C)C1=O. The lowest BCUT2D eigenvalue weighted by molar-refractivity contribution is -0.143. The van der Waals surface area contributed by atoms with Gasteiger partial charge in [-0.25, -0.2) is 0 Å². The zero-order valence-electron chi connectivity index (χ0n) is 12.6. The van der Waals surface area contributed by atoms with Crippen LogP contribution in [0.25, 0.3) is 0 Å². The molecule has 1 fully saturated rings. The molecule has 1 aliphatic rings. The van der Waals surface area contributed by atoms with Crippen LogP contribution in [0.4, 0.5) is 0 Å². The number of carbonyl (C=O) groups excluding carboxylic acids is 1. The van der Waals surface area contributed by atoms with Crippen molar-refractivity contribution in [2.75, 3.05) is 26.2 Å². The molecule has 1 rings (SSSR count). The molecular formula is C14H29N3O. The van der Waals surface area contributed by atoms with Gasteiger partial charge in [0.2, 0.25) is 5.91 Å². The normalized spacial score (nSPS) is 22.3. The number of unbranched alkanes of at least 4 members (excludes halogenated alkanes) is 1. The molecule has 0 radical (unpaired) electrons. The average Bonchev–Trinajstić information content (AvgIpc) is 2.23. The van der Waals surface area contributed by atoms with Gasteiger partial charge in [-0.2, -0.15) is 0 Å². The fourth-order valence-corrected chi connectivity index (χ4v) is 2.70. The van der Waals surface area contributed by atoms with Gasteiger partial charge in [0.05, 0.1) is 5.54 Å². The molecule has 0 unspecified atom stereocenters. The summed E-state index contributed by atoms with van der Waals surface area (Å²) in [5.41, 5.74) is -0.466. The van der Waals surface area contributed by atoms with E-state index in [2.05, 4.69) is 31.4 Å². The minimum Gasteiger partial charge on any atom is -0.338 e. The molecule has 18 heavy (non-hydrogen) atoms. The number of nitrogens with one attached hydrogen (secondary N) is 2. The second-order valence-electron chi connectivity index (χ2n) is 6.46. The lowest BCUT2D eigenvalue weighted by Crippen LogP contribution is -2.70. The third kappa shape index (κ3) is 4.25. The molecule has 0 spiro atoms. The highest BCUT2D eigenvalue weighted by Crippen LogP contribution is 2.21. The second kappa shape index (κ2) is 6.02. The summed E-state index contributed by atoms with van der Waals surface area (Å²) in [4.78, 5) is 14.3. The number of hydrogen-bond donors (Lipinski definition) is 2. The zero-order valence-corrected chi connectivity index (χ0v) is 12.6. The van der Waals surface area contributed by atoms with Crippen molar-refractivity contribution >= 4 is 5.91 Å². The highest BCUT2D eigenvalue weighted by atomic mass is 16.2. The molecule has 1 amide bonds. The molecule has 4 nitrogen and oxygen atoms in total. The fraction of sp³-hybridized carbons (Fsp3) is 0.929. The lowest BCUT2D eigenvalue weighted by atomic mass is 9.90. The zero-order chi connectivity index (χ0) is 13.8. The van der Waals surface area contributed by atoms with Crippen molar-refractivity contribution in [1.29, 1.82) is 0 Å². The first-order valence-corrected chi connectivity index (χ1v) is 7.08. The molecule has 4 heteroatoms. The Balaban J connectivity index is 2.46. The van der Waals surface area contributed by atoms with E-state index in [-0.39, 0.29) is 11.4 Å². The van der Waals surface area contributed by atoms with E-state index in [1.807, 2.05) is 18.7 Å². The molecule has 0 aromatic carbocycles. The molecule has 0 atom stereocenters. The van der Waals surface area contributed by atoms with Crippen molar-refractivity contribution in [3.63, 3.8) is 0 Å².